The molecule has 0 aliphatic heterocycles. The molecule has 0 unspecified atom stereocenters. The van der Waals surface area contributed by atoms with Crippen molar-refractivity contribution in [1.82, 2.24) is 5.32 Å². The van der Waals surface area contributed by atoms with E-state index in [0.29, 0.717) is 41.7 Å². The second-order valence-corrected chi connectivity index (χ2v) is 5.87. The van der Waals surface area contributed by atoms with Crippen molar-refractivity contribution in [3.63, 3.8) is 0 Å². The van der Waals surface area contributed by atoms with Crippen LogP contribution in [0.1, 0.15) is 11.1 Å². The maximum absolute atomic E-state index is 12.0. The molecule has 0 heterocycles. The average Bonchev–Trinajstić information content (AvgIpc) is 2.62. The van der Waals surface area contributed by atoms with Crippen molar-refractivity contribution in [2.24, 2.45) is 0 Å². The molecule has 1 N–H and O–H groups in total. The number of ether oxygens (including phenoxy) is 3. The van der Waals surface area contributed by atoms with E-state index in [9.17, 15) is 4.79 Å². The Hall–Kier alpha value is -2.40. The van der Waals surface area contributed by atoms with Crippen molar-refractivity contribution in [3.05, 3.63) is 52.5 Å². The summed E-state index contributed by atoms with van der Waals surface area (Å²) in [6, 6.07) is 11.0. The highest BCUT2D eigenvalue weighted by Crippen LogP contribution is 2.38. The smallest absolute Gasteiger partial charge is 0.224 e. The molecule has 0 fully saturated rings. The van der Waals surface area contributed by atoms with Crippen LogP contribution < -0.4 is 19.5 Å². The third-order valence-corrected chi connectivity index (χ3v) is 3.99. The van der Waals surface area contributed by atoms with Gasteiger partial charge in [-0.3, -0.25) is 4.79 Å². The van der Waals surface area contributed by atoms with Gasteiger partial charge in [0.2, 0.25) is 11.7 Å². The second kappa shape index (κ2) is 9.18. The van der Waals surface area contributed by atoms with Gasteiger partial charge in [-0.05, 0) is 41.8 Å². The van der Waals surface area contributed by atoms with Crippen LogP contribution in [0.2, 0.25) is 5.02 Å². The Morgan fingerprint density at radius 1 is 0.960 bits per heavy atom. The van der Waals surface area contributed by atoms with E-state index in [-0.39, 0.29) is 5.91 Å². The van der Waals surface area contributed by atoms with Crippen LogP contribution in [0.3, 0.4) is 0 Å². The molecule has 0 saturated heterocycles. The maximum atomic E-state index is 12.0. The summed E-state index contributed by atoms with van der Waals surface area (Å²) in [5.74, 6) is 1.73. The molecule has 0 bridgehead atoms. The Kier molecular flexibility index (Phi) is 6.95. The Morgan fingerprint density at radius 3 is 2.08 bits per heavy atom. The summed E-state index contributed by atoms with van der Waals surface area (Å²) in [4.78, 5) is 12.0. The SMILES string of the molecule is COc1cc(CCNC(=O)Cc2ccc(Cl)cc2)cc(OC)c1OC. The molecule has 2 aromatic carbocycles. The summed E-state index contributed by atoms with van der Waals surface area (Å²) in [6.07, 6.45) is 0.982. The molecule has 0 aromatic heterocycles. The van der Waals surface area contributed by atoms with E-state index in [4.69, 9.17) is 25.8 Å². The van der Waals surface area contributed by atoms with Crippen molar-refractivity contribution in [2.45, 2.75) is 12.8 Å². The van der Waals surface area contributed by atoms with Gasteiger partial charge in [-0.1, -0.05) is 23.7 Å². The topological polar surface area (TPSA) is 56.8 Å². The minimum Gasteiger partial charge on any atom is -0.493 e. The zero-order chi connectivity index (χ0) is 18.2. The van der Waals surface area contributed by atoms with Crippen LogP contribution in [-0.2, 0) is 17.6 Å². The number of rotatable bonds is 8. The van der Waals surface area contributed by atoms with Gasteiger partial charge in [-0.25, -0.2) is 0 Å². The van der Waals surface area contributed by atoms with Crippen molar-refractivity contribution >= 4 is 17.5 Å². The molecule has 134 valence electrons. The van der Waals surface area contributed by atoms with E-state index in [1.807, 2.05) is 24.3 Å². The molecule has 0 saturated carbocycles. The van der Waals surface area contributed by atoms with Crippen molar-refractivity contribution in [3.8, 4) is 17.2 Å². The minimum atomic E-state index is -0.0326. The first-order valence-corrected chi connectivity index (χ1v) is 8.25. The second-order valence-electron chi connectivity index (χ2n) is 5.44. The number of benzene rings is 2. The molecule has 0 aliphatic carbocycles. The van der Waals surface area contributed by atoms with Gasteiger partial charge in [0.15, 0.2) is 11.5 Å². The summed E-state index contributed by atoms with van der Waals surface area (Å²) >= 11 is 5.84. The standard InChI is InChI=1S/C19H22ClNO4/c1-23-16-10-14(11-17(24-2)19(16)25-3)8-9-21-18(22)12-13-4-6-15(20)7-5-13/h4-7,10-11H,8-9,12H2,1-3H3,(H,21,22). The Bertz CT molecular complexity index is 691. The number of carbonyl (C=O) groups is 1. The van der Waals surface area contributed by atoms with Crippen molar-refractivity contribution in [1.29, 1.82) is 0 Å². The predicted molar refractivity (Wildman–Crippen MR) is 98.0 cm³/mol. The summed E-state index contributed by atoms with van der Waals surface area (Å²) in [7, 11) is 4.72. The average molecular weight is 364 g/mol. The van der Waals surface area contributed by atoms with Gasteiger partial charge >= 0.3 is 0 Å². The molecule has 0 atom stereocenters. The highest BCUT2D eigenvalue weighted by Gasteiger charge is 2.13. The highest BCUT2D eigenvalue weighted by molar-refractivity contribution is 6.30. The highest BCUT2D eigenvalue weighted by atomic mass is 35.5. The zero-order valence-corrected chi connectivity index (χ0v) is 15.4. The van der Waals surface area contributed by atoms with Gasteiger partial charge in [0.1, 0.15) is 0 Å². The molecule has 2 rings (SSSR count). The lowest BCUT2D eigenvalue weighted by molar-refractivity contribution is -0.120. The molecule has 2 aromatic rings. The van der Waals surface area contributed by atoms with E-state index >= 15 is 0 Å². The van der Waals surface area contributed by atoms with Crippen LogP contribution in [-0.4, -0.2) is 33.8 Å². The van der Waals surface area contributed by atoms with E-state index < -0.39 is 0 Å². The van der Waals surface area contributed by atoms with Crippen LogP contribution in [0, 0.1) is 0 Å². The van der Waals surface area contributed by atoms with Gasteiger partial charge in [0, 0.05) is 11.6 Å². The summed E-state index contributed by atoms with van der Waals surface area (Å²) in [5, 5.41) is 3.57. The van der Waals surface area contributed by atoms with Crippen molar-refractivity contribution < 1.29 is 19.0 Å². The van der Waals surface area contributed by atoms with Crippen molar-refractivity contribution in [2.75, 3.05) is 27.9 Å². The van der Waals surface area contributed by atoms with Crippen LogP contribution in [0.5, 0.6) is 17.2 Å². The Balaban J connectivity index is 1.92. The number of carbonyl (C=O) groups excluding carboxylic acids is 1. The van der Waals surface area contributed by atoms with Gasteiger partial charge < -0.3 is 19.5 Å². The van der Waals surface area contributed by atoms with E-state index in [0.717, 1.165) is 11.1 Å². The number of halogens is 1. The largest absolute Gasteiger partial charge is 0.493 e. The molecule has 1 amide bonds. The molecular weight excluding hydrogens is 342 g/mol. The third kappa shape index (κ3) is 5.29. The molecule has 25 heavy (non-hydrogen) atoms. The van der Waals surface area contributed by atoms with E-state index in [2.05, 4.69) is 5.32 Å². The Labute approximate surface area is 152 Å². The number of nitrogens with one attached hydrogen (secondary N) is 1. The maximum Gasteiger partial charge on any atom is 0.224 e. The predicted octanol–water partition coefficient (Wildman–Crippen LogP) is 3.27. The molecule has 0 spiro atoms. The van der Waals surface area contributed by atoms with E-state index in [1.165, 1.54) is 0 Å². The molecule has 0 radical (unpaired) electrons. The number of methoxy groups -OCH3 is 3. The van der Waals surface area contributed by atoms with E-state index in [1.54, 1.807) is 33.5 Å². The van der Waals surface area contributed by atoms with Crippen LogP contribution in [0.15, 0.2) is 36.4 Å². The fourth-order valence-corrected chi connectivity index (χ4v) is 2.60. The van der Waals surface area contributed by atoms with Gasteiger partial charge in [0.25, 0.3) is 0 Å². The number of hydrogen-bond donors (Lipinski definition) is 1. The molecular formula is C19H22ClNO4. The lowest BCUT2D eigenvalue weighted by Gasteiger charge is -2.14. The first-order chi connectivity index (χ1) is 12.1. The quantitative estimate of drug-likeness (QED) is 0.782. The summed E-state index contributed by atoms with van der Waals surface area (Å²) < 4.78 is 16.0. The number of hydrogen-bond acceptors (Lipinski definition) is 4. The minimum absolute atomic E-state index is 0.0326. The number of amides is 1. The molecule has 5 nitrogen and oxygen atoms in total. The van der Waals surface area contributed by atoms with Crippen LogP contribution in [0.4, 0.5) is 0 Å². The van der Waals surface area contributed by atoms with Crippen LogP contribution in [0.25, 0.3) is 0 Å². The first-order valence-electron chi connectivity index (χ1n) is 7.87. The monoisotopic (exact) mass is 363 g/mol. The first kappa shape index (κ1) is 18.9. The molecule has 6 heteroatoms. The summed E-state index contributed by atoms with van der Waals surface area (Å²) in [6.45, 7) is 0.519. The van der Waals surface area contributed by atoms with Gasteiger partial charge in [-0.15, -0.1) is 0 Å². The fourth-order valence-electron chi connectivity index (χ4n) is 2.48. The van der Waals surface area contributed by atoms with Gasteiger partial charge in [0.05, 0.1) is 27.8 Å². The molecule has 0 aliphatic rings. The van der Waals surface area contributed by atoms with Crippen LogP contribution >= 0.6 is 11.6 Å². The zero-order valence-electron chi connectivity index (χ0n) is 14.6. The summed E-state index contributed by atoms with van der Waals surface area (Å²) in [5.41, 5.74) is 1.91. The third-order valence-electron chi connectivity index (χ3n) is 3.74. The lowest BCUT2D eigenvalue weighted by Crippen LogP contribution is -2.27. The Morgan fingerprint density at radius 2 is 1.56 bits per heavy atom. The normalized spacial score (nSPS) is 10.2. The lowest BCUT2D eigenvalue weighted by atomic mass is 10.1. The fraction of sp³-hybridized carbons (Fsp3) is 0.316. The van der Waals surface area contributed by atoms with Gasteiger partial charge in [-0.2, -0.15) is 0 Å².